The molecular weight excluding hydrogens is 282 g/mol. The summed E-state index contributed by atoms with van der Waals surface area (Å²) in [4.78, 5) is 0.450. The number of rotatable bonds is 4. The largest absolute Gasteiger partial charge is 0.243 e. The molecule has 0 amide bonds. The topological polar surface area (TPSA) is 37.4 Å². The molecule has 21 heavy (non-hydrogen) atoms. The molecule has 4 rings (SSSR count). The summed E-state index contributed by atoms with van der Waals surface area (Å²) in [6.45, 7) is 4.38. The molecule has 1 saturated carbocycles. The van der Waals surface area contributed by atoms with Crippen molar-refractivity contribution in [1.82, 2.24) is 4.31 Å². The fraction of sp³-hybridized carbons (Fsp3) is 0.647. The van der Waals surface area contributed by atoms with Crippen molar-refractivity contribution in [1.29, 1.82) is 0 Å². The van der Waals surface area contributed by atoms with Crippen LogP contribution in [0.3, 0.4) is 0 Å². The van der Waals surface area contributed by atoms with Crippen LogP contribution >= 0.6 is 0 Å². The van der Waals surface area contributed by atoms with E-state index in [2.05, 4.69) is 13.8 Å². The Morgan fingerprint density at radius 2 is 1.71 bits per heavy atom. The van der Waals surface area contributed by atoms with E-state index in [0.29, 0.717) is 16.7 Å². The second-order valence-corrected chi connectivity index (χ2v) is 8.76. The number of benzene rings is 1. The highest BCUT2D eigenvalue weighted by Gasteiger charge is 2.47. The number of fused-ring (bicyclic) bond motifs is 3. The Hall–Kier alpha value is -0.870. The lowest BCUT2D eigenvalue weighted by molar-refractivity contribution is 0.0435. The Morgan fingerprint density at radius 1 is 1.10 bits per heavy atom. The third-order valence-electron chi connectivity index (χ3n) is 5.00. The SMILES string of the molecule is CC(C)CC1C2CCC(CC2)N1S(=O)(=O)c1ccccc1. The summed E-state index contributed by atoms with van der Waals surface area (Å²) >= 11 is 0. The minimum Gasteiger partial charge on any atom is -0.207 e. The van der Waals surface area contributed by atoms with Gasteiger partial charge in [-0.25, -0.2) is 8.42 Å². The number of hydrogen-bond donors (Lipinski definition) is 0. The maximum atomic E-state index is 13.1. The molecule has 2 saturated heterocycles. The van der Waals surface area contributed by atoms with Crippen LogP contribution in [-0.2, 0) is 10.0 Å². The summed E-state index contributed by atoms with van der Waals surface area (Å²) in [6.07, 6.45) is 5.44. The summed E-state index contributed by atoms with van der Waals surface area (Å²) in [5.41, 5.74) is 0. The molecule has 1 aromatic rings. The van der Waals surface area contributed by atoms with Gasteiger partial charge in [0.15, 0.2) is 0 Å². The smallest absolute Gasteiger partial charge is 0.207 e. The zero-order chi connectivity index (χ0) is 15.0. The third kappa shape index (κ3) is 2.76. The molecule has 3 nitrogen and oxygen atoms in total. The Bertz CT molecular complexity index is 574. The first-order chi connectivity index (χ1) is 10.00. The summed E-state index contributed by atoms with van der Waals surface area (Å²) in [7, 11) is -3.35. The predicted octanol–water partition coefficient (Wildman–Crippen LogP) is 3.66. The van der Waals surface area contributed by atoms with Crippen molar-refractivity contribution in [3.8, 4) is 0 Å². The highest BCUT2D eigenvalue weighted by molar-refractivity contribution is 7.89. The Kier molecular flexibility index (Phi) is 4.10. The van der Waals surface area contributed by atoms with Gasteiger partial charge >= 0.3 is 0 Å². The molecule has 0 spiro atoms. The van der Waals surface area contributed by atoms with Gasteiger partial charge in [-0.2, -0.15) is 4.31 Å². The third-order valence-corrected chi connectivity index (χ3v) is 7.00. The lowest BCUT2D eigenvalue weighted by Gasteiger charge is -2.51. The first-order valence-electron chi connectivity index (χ1n) is 8.08. The average molecular weight is 307 g/mol. The van der Waals surface area contributed by atoms with E-state index in [1.165, 1.54) is 12.8 Å². The van der Waals surface area contributed by atoms with Crippen LogP contribution in [0.25, 0.3) is 0 Å². The minimum atomic E-state index is -3.35. The van der Waals surface area contributed by atoms with Gasteiger partial charge in [0.1, 0.15) is 0 Å². The van der Waals surface area contributed by atoms with Gasteiger partial charge in [0.2, 0.25) is 10.0 Å². The maximum Gasteiger partial charge on any atom is 0.243 e. The molecule has 0 radical (unpaired) electrons. The van der Waals surface area contributed by atoms with Crippen LogP contribution in [0.4, 0.5) is 0 Å². The van der Waals surface area contributed by atoms with Crippen molar-refractivity contribution in [3.05, 3.63) is 30.3 Å². The Morgan fingerprint density at radius 3 is 2.29 bits per heavy atom. The van der Waals surface area contributed by atoms with Crippen LogP contribution < -0.4 is 0 Å². The van der Waals surface area contributed by atoms with Gasteiger partial charge in [0.05, 0.1) is 4.90 Å². The zero-order valence-electron chi connectivity index (χ0n) is 12.9. The monoisotopic (exact) mass is 307 g/mol. The normalized spacial score (nSPS) is 30.0. The predicted molar refractivity (Wildman–Crippen MR) is 84.5 cm³/mol. The van der Waals surface area contributed by atoms with Gasteiger partial charge < -0.3 is 0 Å². The van der Waals surface area contributed by atoms with Gasteiger partial charge in [-0.3, -0.25) is 0 Å². The van der Waals surface area contributed by atoms with E-state index in [1.54, 1.807) is 12.1 Å². The summed E-state index contributed by atoms with van der Waals surface area (Å²) in [5.74, 6) is 1.08. The molecule has 1 atom stereocenters. The molecule has 3 fully saturated rings. The van der Waals surface area contributed by atoms with Crippen molar-refractivity contribution in [2.24, 2.45) is 11.8 Å². The van der Waals surface area contributed by atoms with Crippen molar-refractivity contribution in [2.45, 2.75) is 62.9 Å². The van der Waals surface area contributed by atoms with E-state index in [4.69, 9.17) is 0 Å². The molecule has 116 valence electrons. The molecule has 4 heteroatoms. The first-order valence-corrected chi connectivity index (χ1v) is 9.52. The maximum absolute atomic E-state index is 13.1. The molecule has 0 aromatic heterocycles. The van der Waals surface area contributed by atoms with E-state index in [0.717, 1.165) is 19.3 Å². The van der Waals surface area contributed by atoms with Gasteiger partial charge in [0, 0.05) is 12.1 Å². The number of nitrogens with zero attached hydrogens (tertiary/aromatic N) is 1. The van der Waals surface area contributed by atoms with E-state index in [-0.39, 0.29) is 12.1 Å². The van der Waals surface area contributed by atoms with Gasteiger partial charge in [-0.15, -0.1) is 0 Å². The molecule has 1 unspecified atom stereocenters. The van der Waals surface area contributed by atoms with E-state index in [9.17, 15) is 8.42 Å². The van der Waals surface area contributed by atoms with E-state index < -0.39 is 10.0 Å². The number of piperidine rings is 2. The Balaban J connectivity index is 1.97. The lowest BCUT2D eigenvalue weighted by Crippen LogP contribution is -2.57. The van der Waals surface area contributed by atoms with Crippen molar-refractivity contribution in [3.63, 3.8) is 0 Å². The van der Waals surface area contributed by atoms with E-state index >= 15 is 0 Å². The fourth-order valence-electron chi connectivity index (χ4n) is 4.09. The van der Waals surface area contributed by atoms with Crippen molar-refractivity contribution >= 4 is 10.0 Å². The summed E-state index contributed by atoms with van der Waals surface area (Å²) < 4.78 is 28.1. The number of sulfonamides is 1. The zero-order valence-corrected chi connectivity index (χ0v) is 13.7. The number of hydrogen-bond acceptors (Lipinski definition) is 2. The molecule has 2 bridgehead atoms. The Labute approximate surface area is 128 Å². The molecule has 3 aliphatic rings. The fourth-order valence-corrected chi connectivity index (χ4v) is 6.05. The summed E-state index contributed by atoms with van der Waals surface area (Å²) in [5, 5.41) is 0. The average Bonchev–Trinajstić information content (AvgIpc) is 2.48. The van der Waals surface area contributed by atoms with Crippen LogP contribution in [0.2, 0.25) is 0 Å². The van der Waals surface area contributed by atoms with Crippen molar-refractivity contribution < 1.29 is 8.42 Å². The van der Waals surface area contributed by atoms with Crippen LogP contribution in [0.15, 0.2) is 35.2 Å². The standard InChI is InChI=1S/C17H25NO2S/c1-13(2)12-17-14-8-10-15(11-9-14)18(17)21(19,20)16-6-4-3-5-7-16/h3-7,13-15,17H,8-12H2,1-2H3. The van der Waals surface area contributed by atoms with Crippen molar-refractivity contribution in [2.75, 3.05) is 0 Å². The lowest BCUT2D eigenvalue weighted by atomic mass is 9.74. The second-order valence-electron chi connectivity index (χ2n) is 6.91. The van der Waals surface area contributed by atoms with Crippen LogP contribution in [0, 0.1) is 11.8 Å². The molecular formula is C17H25NO2S. The summed E-state index contributed by atoms with van der Waals surface area (Å²) in [6, 6.07) is 9.35. The van der Waals surface area contributed by atoms with Crippen LogP contribution in [-0.4, -0.2) is 24.8 Å². The van der Waals surface area contributed by atoms with E-state index in [1.807, 2.05) is 22.5 Å². The molecule has 2 heterocycles. The van der Waals surface area contributed by atoms with Crippen LogP contribution in [0.1, 0.15) is 46.0 Å². The van der Waals surface area contributed by atoms with Crippen LogP contribution in [0.5, 0.6) is 0 Å². The van der Waals surface area contributed by atoms with Gasteiger partial charge in [-0.05, 0) is 56.1 Å². The highest BCUT2D eigenvalue weighted by Crippen LogP contribution is 2.44. The molecule has 1 aliphatic carbocycles. The van der Waals surface area contributed by atoms with Gasteiger partial charge in [0.25, 0.3) is 0 Å². The molecule has 2 aliphatic heterocycles. The minimum absolute atomic E-state index is 0.197. The van der Waals surface area contributed by atoms with Gasteiger partial charge in [-0.1, -0.05) is 32.0 Å². The second kappa shape index (κ2) is 5.73. The molecule has 0 N–H and O–H groups in total. The highest BCUT2D eigenvalue weighted by atomic mass is 32.2. The quantitative estimate of drug-likeness (QED) is 0.851. The first kappa shape index (κ1) is 15.0. The molecule has 1 aromatic carbocycles.